The van der Waals surface area contributed by atoms with E-state index < -0.39 is 26.9 Å². The normalized spacial score (nSPS) is 15.0. The predicted molar refractivity (Wildman–Crippen MR) is 140 cm³/mol. The Bertz CT molecular complexity index is 1570. The van der Waals surface area contributed by atoms with Crippen LogP contribution < -0.4 is 4.80 Å². The molecule has 14 heteroatoms. The van der Waals surface area contributed by atoms with Crippen molar-refractivity contribution in [3.63, 3.8) is 0 Å². The lowest BCUT2D eigenvalue weighted by atomic mass is 10.2. The monoisotopic (exact) mass is 559 g/mol. The van der Waals surface area contributed by atoms with E-state index in [-0.39, 0.29) is 48.9 Å². The molecule has 38 heavy (non-hydrogen) atoms. The Morgan fingerprint density at radius 2 is 1.84 bits per heavy atom. The molecule has 0 bridgehead atoms. The van der Waals surface area contributed by atoms with Crippen LogP contribution in [0.4, 0.5) is 10.5 Å². The molecule has 0 saturated carbocycles. The number of aromatic nitrogens is 1. The molecule has 0 aliphatic carbocycles. The fourth-order valence-corrected chi connectivity index (χ4v) is 6.46. The van der Waals surface area contributed by atoms with Crippen molar-refractivity contribution in [3.05, 3.63) is 75.6 Å². The number of allylic oxidation sites excluding steroid dienone is 1. The van der Waals surface area contributed by atoms with E-state index in [4.69, 9.17) is 4.74 Å². The van der Waals surface area contributed by atoms with Crippen LogP contribution in [0.5, 0.6) is 0 Å². The second kappa shape index (κ2) is 11.2. The fraction of sp³-hybridized carbons (Fsp3) is 0.292. The summed E-state index contributed by atoms with van der Waals surface area (Å²) >= 11 is 1.13. The van der Waals surface area contributed by atoms with Crippen LogP contribution in [0.25, 0.3) is 10.2 Å². The van der Waals surface area contributed by atoms with Gasteiger partial charge in [-0.05, 0) is 37.3 Å². The highest BCUT2D eigenvalue weighted by Crippen LogP contribution is 2.24. The van der Waals surface area contributed by atoms with E-state index in [9.17, 15) is 28.1 Å². The standard InChI is InChI=1S/C24H25N5O7S2/c1-3-11-28-20-10-7-18(29(32)33)16-21(20)37-23(28)25-22(30)17-5-8-19(9-6-17)38(34,35)27-14-12-26(13-15-27)24(31)36-4-2/h3,5-10,16H,1,4,11-15H2,2H3. The van der Waals surface area contributed by atoms with Gasteiger partial charge in [-0.3, -0.25) is 14.9 Å². The molecule has 4 rings (SSSR count). The van der Waals surface area contributed by atoms with Crippen LogP contribution in [-0.4, -0.2) is 71.9 Å². The smallest absolute Gasteiger partial charge is 0.409 e. The number of hydrogen-bond donors (Lipinski definition) is 0. The summed E-state index contributed by atoms with van der Waals surface area (Å²) in [4.78, 5) is 41.4. The Hall–Kier alpha value is -3.88. The quantitative estimate of drug-likeness (QED) is 0.246. The van der Waals surface area contributed by atoms with E-state index in [1.165, 1.54) is 45.6 Å². The van der Waals surface area contributed by atoms with Crippen LogP contribution in [0.3, 0.4) is 0 Å². The lowest BCUT2D eigenvalue weighted by molar-refractivity contribution is -0.384. The molecular formula is C24H25N5O7S2. The number of carbonyl (C=O) groups excluding carboxylic acids is 2. The number of rotatable bonds is 7. The molecule has 12 nitrogen and oxygen atoms in total. The SMILES string of the molecule is C=CCn1c(=NC(=O)c2ccc(S(=O)(=O)N3CCN(C(=O)OCC)CC3)cc2)sc2cc([N+](=O)[O-])ccc21. The van der Waals surface area contributed by atoms with Gasteiger partial charge < -0.3 is 14.2 Å². The number of thiazole rings is 1. The Balaban J connectivity index is 1.55. The minimum atomic E-state index is -3.82. The number of fused-ring (bicyclic) bond motifs is 1. The van der Waals surface area contributed by atoms with E-state index in [0.29, 0.717) is 21.6 Å². The Morgan fingerprint density at radius 1 is 1.16 bits per heavy atom. The van der Waals surface area contributed by atoms with E-state index in [0.717, 1.165) is 11.3 Å². The van der Waals surface area contributed by atoms with E-state index >= 15 is 0 Å². The average molecular weight is 560 g/mol. The van der Waals surface area contributed by atoms with Gasteiger partial charge in [0.15, 0.2) is 4.80 Å². The largest absolute Gasteiger partial charge is 0.450 e. The number of sulfonamides is 1. The van der Waals surface area contributed by atoms with Crippen LogP contribution >= 0.6 is 11.3 Å². The van der Waals surface area contributed by atoms with Gasteiger partial charge in [0.05, 0.1) is 26.6 Å². The zero-order chi connectivity index (χ0) is 27.4. The maximum Gasteiger partial charge on any atom is 0.409 e. The molecule has 0 spiro atoms. The maximum atomic E-state index is 13.1. The fourth-order valence-electron chi connectivity index (χ4n) is 3.96. The van der Waals surface area contributed by atoms with E-state index in [2.05, 4.69) is 11.6 Å². The summed E-state index contributed by atoms with van der Waals surface area (Å²) in [6.45, 7) is 6.70. The first kappa shape index (κ1) is 27.2. The van der Waals surface area contributed by atoms with E-state index in [1.807, 2.05) is 0 Å². The molecule has 1 aliphatic heterocycles. The number of nitrogens with zero attached hydrogens (tertiary/aromatic N) is 5. The summed E-state index contributed by atoms with van der Waals surface area (Å²) in [6.07, 6.45) is 1.16. The number of ether oxygens (including phenoxy) is 1. The number of hydrogen-bond acceptors (Lipinski definition) is 8. The zero-order valence-electron chi connectivity index (χ0n) is 20.5. The third-order valence-electron chi connectivity index (χ3n) is 5.89. The molecule has 0 atom stereocenters. The molecule has 2 aromatic carbocycles. The minimum Gasteiger partial charge on any atom is -0.450 e. The van der Waals surface area contributed by atoms with E-state index in [1.54, 1.807) is 23.6 Å². The van der Waals surface area contributed by atoms with Crippen molar-refractivity contribution in [1.82, 2.24) is 13.8 Å². The molecule has 0 N–H and O–H groups in total. The second-order valence-corrected chi connectivity index (χ2v) is 11.2. The summed E-state index contributed by atoms with van der Waals surface area (Å²) < 4.78 is 34.7. The van der Waals surface area contributed by atoms with Crippen molar-refractivity contribution in [2.45, 2.75) is 18.4 Å². The molecule has 2 heterocycles. The van der Waals surface area contributed by atoms with Crippen molar-refractivity contribution >= 4 is 49.3 Å². The molecule has 0 radical (unpaired) electrons. The summed E-state index contributed by atoms with van der Waals surface area (Å²) in [6, 6.07) is 9.89. The first-order valence-corrected chi connectivity index (χ1v) is 13.9. The highest BCUT2D eigenvalue weighted by atomic mass is 32.2. The van der Waals surface area contributed by atoms with Gasteiger partial charge in [-0.15, -0.1) is 6.58 Å². The number of non-ortho nitro benzene ring substituents is 1. The van der Waals surface area contributed by atoms with Crippen LogP contribution in [0.2, 0.25) is 0 Å². The lowest BCUT2D eigenvalue weighted by Crippen LogP contribution is -2.50. The molecular weight excluding hydrogens is 534 g/mol. The van der Waals surface area contributed by atoms with Gasteiger partial charge in [-0.2, -0.15) is 9.30 Å². The topological polar surface area (TPSA) is 144 Å². The molecule has 2 amide bonds. The summed E-state index contributed by atoms with van der Waals surface area (Å²) in [5.41, 5.74) is 0.794. The highest BCUT2D eigenvalue weighted by Gasteiger charge is 2.30. The van der Waals surface area contributed by atoms with Crippen molar-refractivity contribution in [3.8, 4) is 0 Å². The van der Waals surface area contributed by atoms with Crippen molar-refractivity contribution < 1.29 is 27.7 Å². The Morgan fingerprint density at radius 3 is 2.45 bits per heavy atom. The molecule has 0 unspecified atom stereocenters. The first-order chi connectivity index (χ1) is 18.1. The summed E-state index contributed by atoms with van der Waals surface area (Å²) in [7, 11) is -3.82. The first-order valence-electron chi connectivity index (χ1n) is 11.7. The van der Waals surface area contributed by atoms with Crippen molar-refractivity contribution in [2.75, 3.05) is 32.8 Å². The van der Waals surface area contributed by atoms with Gasteiger partial charge in [0.1, 0.15) is 0 Å². The van der Waals surface area contributed by atoms with Gasteiger partial charge in [0, 0.05) is 50.4 Å². The van der Waals surface area contributed by atoms with Gasteiger partial charge in [-0.1, -0.05) is 17.4 Å². The highest BCUT2D eigenvalue weighted by molar-refractivity contribution is 7.89. The maximum absolute atomic E-state index is 13.1. The predicted octanol–water partition coefficient (Wildman–Crippen LogP) is 3.00. The molecule has 200 valence electrons. The molecule has 1 aromatic heterocycles. The van der Waals surface area contributed by atoms with Gasteiger partial charge in [0.2, 0.25) is 10.0 Å². The third kappa shape index (κ3) is 5.51. The number of benzene rings is 2. The second-order valence-electron chi connectivity index (χ2n) is 8.22. The van der Waals surface area contributed by atoms with Gasteiger partial charge >= 0.3 is 6.09 Å². The number of nitro groups is 1. The Kier molecular flexibility index (Phi) is 8.04. The molecule has 1 saturated heterocycles. The van der Waals surface area contributed by atoms with Gasteiger partial charge in [-0.25, -0.2) is 13.2 Å². The zero-order valence-corrected chi connectivity index (χ0v) is 22.1. The summed E-state index contributed by atoms with van der Waals surface area (Å²) in [5.74, 6) is -0.587. The minimum absolute atomic E-state index is 0.0227. The number of carbonyl (C=O) groups is 2. The number of nitro benzene ring substituents is 1. The Labute approximate surface area is 222 Å². The molecule has 1 fully saturated rings. The van der Waals surface area contributed by atoms with Crippen molar-refractivity contribution in [2.24, 2.45) is 4.99 Å². The number of amides is 2. The van der Waals surface area contributed by atoms with Crippen LogP contribution in [0.1, 0.15) is 17.3 Å². The average Bonchev–Trinajstić information content (AvgIpc) is 3.25. The summed E-state index contributed by atoms with van der Waals surface area (Å²) in [5, 5.41) is 11.1. The number of piperazine rings is 1. The van der Waals surface area contributed by atoms with Crippen LogP contribution in [-0.2, 0) is 21.3 Å². The lowest BCUT2D eigenvalue weighted by Gasteiger charge is -2.33. The third-order valence-corrected chi connectivity index (χ3v) is 8.84. The van der Waals surface area contributed by atoms with Gasteiger partial charge in [0.25, 0.3) is 11.6 Å². The van der Waals surface area contributed by atoms with Crippen LogP contribution in [0.15, 0.2) is 65.0 Å². The molecule has 3 aromatic rings. The van der Waals surface area contributed by atoms with Crippen LogP contribution in [0, 0.1) is 10.1 Å². The molecule has 1 aliphatic rings. The van der Waals surface area contributed by atoms with Crippen molar-refractivity contribution in [1.29, 1.82) is 0 Å².